The molecule has 0 saturated heterocycles. The minimum Gasteiger partial charge on any atom is -0.141 e. The summed E-state index contributed by atoms with van der Waals surface area (Å²) in [7, 11) is 0. The van der Waals surface area contributed by atoms with Crippen LogP contribution in [0.2, 0.25) is 0 Å². The summed E-state index contributed by atoms with van der Waals surface area (Å²) < 4.78 is 0. The molecule has 0 fully saturated rings. The summed E-state index contributed by atoms with van der Waals surface area (Å²) in [4.78, 5) is 2.94. The summed E-state index contributed by atoms with van der Waals surface area (Å²) in [5.74, 6) is 0. The van der Waals surface area contributed by atoms with E-state index >= 15 is 0 Å². The Morgan fingerprint density at radius 1 is 0.920 bits per heavy atom. The van der Waals surface area contributed by atoms with E-state index in [1.165, 1.54) is 56.0 Å². The molecule has 1 heteroatoms. The van der Waals surface area contributed by atoms with Crippen LogP contribution in [0.4, 0.5) is 0 Å². The molecule has 0 saturated carbocycles. The van der Waals surface area contributed by atoms with Gasteiger partial charge >= 0.3 is 0 Å². The minimum absolute atomic E-state index is 1.06. The highest BCUT2D eigenvalue weighted by molar-refractivity contribution is 7.13. The van der Waals surface area contributed by atoms with E-state index in [0.717, 1.165) is 12.8 Å². The number of aryl methyl sites for hydroxylation is 2. The fraction of sp³-hybridized carbons (Fsp3) is 0.250. The number of allylic oxidation sites excluding steroid dienone is 1. The van der Waals surface area contributed by atoms with Crippen LogP contribution >= 0.6 is 11.3 Å². The third kappa shape index (κ3) is 3.21. The summed E-state index contributed by atoms with van der Waals surface area (Å²) in [5.41, 5.74) is 8.42. The third-order valence-electron chi connectivity index (χ3n) is 5.04. The van der Waals surface area contributed by atoms with Gasteiger partial charge in [-0.25, -0.2) is 0 Å². The van der Waals surface area contributed by atoms with Gasteiger partial charge in [0, 0.05) is 9.75 Å². The lowest BCUT2D eigenvalue weighted by Crippen LogP contribution is -1.88. The zero-order valence-electron chi connectivity index (χ0n) is 15.0. The maximum absolute atomic E-state index is 2.42. The molecule has 0 aliphatic heterocycles. The highest BCUT2D eigenvalue weighted by Gasteiger charge is 2.18. The van der Waals surface area contributed by atoms with Crippen molar-refractivity contribution >= 4 is 23.0 Å². The average Bonchev–Trinajstić information content (AvgIpc) is 3.28. The third-order valence-corrected chi connectivity index (χ3v) is 6.26. The summed E-state index contributed by atoms with van der Waals surface area (Å²) in [6, 6.07) is 20.4. The second-order valence-corrected chi connectivity index (χ2v) is 7.96. The van der Waals surface area contributed by atoms with E-state index in [2.05, 4.69) is 74.5 Å². The first-order chi connectivity index (χ1) is 12.3. The van der Waals surface area contributed by atoms with Gasteiger partial charge in [-0.2, -0.15) is 0 Å². The maximum atomic E-state index is 2.42. The molecule has 0 N–H and O–H groups in total. The van der Waals surface area contributed by atoms with Crippen LogP contribution in [-0.2, 0) is 19.3 Å². The van der Waals surface area contributed by atoms with Crippen molar-refractivity contribution in [2.24, 2.45) is 0 Å². The lowest BCUT2D eigenvalue weighted by atomic mass is 9.96. The summed E-state index contributed by atoms with van der Waals surface area (Å²) in [6.07, 6.45) is 6.98. The molecular weight excluding hydrogens is 320 g/mol. The Labute approximate surface area is 154 Å². The quantitative estimate of drug-likeness (QED) is 0.466. The molecule has 0 amide bonds. The predicted octanol–water partition coefficient (Wildman–Crippen LogP) is 7.03. The molecular formula is C24H24S. The fourth-order valence-electron chi connectivity index (χ4n) is 3.63. The van der Waals surface area contributed by atoms with Crippen molar-refractivity contribution in [3.63, 3.8) is 0 Å². The van der Waals surface area contributed by atoms with E-state index < -0.39 is 0 Å². The molecule has 1 aliphatic carbocycles. The molecule has 0 spiro atoms. The average molecular weight is 345 g/mol. The van der Waals surface area contributed by atoms with Gasteiger partial charge in [0.05, 0.1) is 0 Å². The Bertz CT molecular complexity index is 910. The van der Waals surface area contributed by atoms with Crippen LogP contribution < -0.4 is 0 Å². The van der Waals surface area contributed by atoms with Gasteiger partial charge in [0.25, 0.3) is 0 Å². The van der Waals surface area contributed by atoms with Crippen LogP contribution in [-0.4, -0.2) is 0 Å². The van der Waals surface area contributed by atoms with E-state index in [4.69, 9.17) is 0 Å². The zero-order chi connectivity index (χ0) is 17.2. The fourth-order valence-corrected chi connectivity index (χ4v) is 4.75. The van der Waals surface area contributed by atoms with E-state index in [1.54, 1.807) is 0 Å². The largest absolute Gasteiger partial charge is 0.141 e. The maximum Gasteiger partial charge on any atom is 0.0308 e. The molecule has 126 valence electrons. The number of benzene rings is 2. The molecule has 2 aromatic carbocycles. The molecule has 0 nitrogen and oxygen atoms in total. The SMILES string of the molecule is CCCc1ccc(C2=Cc3c(cccc3-c3ccc(CC)cc3)C2)s1. The van der Waals surface area contributed by atoms with Crippen molar-refractivity contribution in [3.05, 3.63) is 81.0 Å². The highest BCUT2D eigenvalue weighted by Crippen LogP contribution is 2.39. The Kier molecular flexibility index (Phi) is 4.59. The standard InChI is InChI=1S/C24H24S/c1-3-6-21-13-14-24(25-21)20-15-19-7-5-8-22(23(19)16-20)18-11-9-17(4-2)10-12-18/h5,7-14,16H,3-4,6,15H2,1-2H3. The topological polar surface area (TPSA) is 0 Å². The van der Waals surface area contributed by atoms with Gasteiger partial charge in [-0.3, -0.25) is 0 Å². The van der Waals surface area contributed by atoms with Crippen molar-refractivity contribution in [2.45, 2.75) is 39.5 Å². The number of hydrogen-bond donors (Lipinski definition) is 0. The van der Waals surface area contributed by atoms with Crippen LogP contribution in [0.15, 0.2) is 54.6 Å². The van der Waals surface area contributed by atoms with Gasteiger partial charge in [0.2, 0.25) is 0 Å². The van der Waals surface area contributed by atoms with Crippen LogP contribution in [0.3, 0.4) is 0 Å². The van der Waals surface area contributed by atoms with Crippen molar-refractivity contribution in [3.8, 4) is 11.1 Å². The van der Waals surface area contributed by atoms with Crippen LogP contribution in [0.25, 0.3) is 22.8 Å². The van der Waals surface area contributed by atoms with E-state index in [9.17, 15) is 0 Å². The van der Waals surface area contributed by atoms with E-state index in [1.807, 2.05) is 11.3 Å². The first-order valence-corrected chi connectivity index (χ1v) is 10.1. The van der Waals surface area contributed by atoms with Crippen molar-refractivity contribution < 1.29 is 0 Å². The van der Waals surface area contributed by atoms with Gasteiger partial charge in [-0.1, -0.05) is 62.7 Å². The molecule has 1 aliphatic rings. The monoisotopic (exact) mass is 344 g/mol. The van der Waals surface area contributed by atoms with Crippen LogP contribution in [0.5, 0.6) is 0 Å². The van der Waals surface area contributed by atoms with Gasteiger partial charge in [-0.15, -0.1) is 11.3 Å². The van der Waals surface area contributed by atoms with Gasteiger partial charge in [-0.05, 0) is 70.9 Å². The van der Waals surface area contributed by atoms with E-state index in [-0.39, 0.29) is 0 Å². The smallest absolute Gasteiger partial charge is 0.0308 e. The van der Waals surface area contributed by atoms with Crippen molar-refractivity contribution in [1.29, 1.82) is 0 Å². The summed E-state index contributed by atoms with van der Waals surface area (Å²) in [5, 5.41) is 0. The Morgan fingerprint density at radius 3 is 2.52 bits per heavy atom. The summed E-state index contributed by atoms with van der Waals surface area (Å²) >= 11 is 1.96. The highest BCUT2D eigenvalue weighted by atomic mass is 32.1. The second kappa shape index (κ2) is 7.01. The van der Waals surface area contributed by atoms with Gasteiger partial charge in [0.1, 0.15) is 0 Å². The van der Waals surface area contributed by atoms with Gasteiger partial charge < -0.3 is 0 Å². The zero-order valence-corrected chi connectivity index (χ0v) is 15.8. The normalized spacial score (nSPS) is 13.0. The first kappa shape index (κ1) is 16.4. The number of rotatable bonds is 5. The molecule has 0 unspecified atom stereocenters. The van der Waals surface area contributed by atoms with Crippen molar-refractivity contribution in [1.82, 2.24) is 0 Å². The summed E-state index contributed by atoms with van der Waals surface area (Å²) in [6.45, 7) is 4.46. The lowest BCUT2D eigenvalue weighted by Gasteiger charge is -2.08. The Hall–Kier alpha value is -2.12. The molecule has 0 atom stereocenters. The second-order valence-electron chi connectivity index (χ2n) is 6.79. The Morgan fingerprint density at radius 2 is 1.76 bits per heavy atom. The van der Waals surface area contributed by atoms with Crippen molar-refractivity contribution in [2.75, 3.05) is 0 Å². The first-order valence-electron chi connectivity index (χ1n) is 9.29. The number of thiophene rings is 1. The van der Waals surface area contributed by atoms with Gasteiger partial charge in [0.15, 0.2) is 0 Å². The minimum atomic E-state index is 1.06. The molecule has 1 aromatic heterocycles. The lowest BCUT2D eigenvalue weighted by molar-refractivity contribution is 0.940. The number of hydrogen-bond acceptors (Lipinski definition) is 1. The molecule has 0 bridgehead atoms. The number of fused-ring (bicyclic) bond motifs is 1. The predicted molar refractivity (Wildman–Crippen MR) is 111 cm³/mol. The molecule has 0 radical (unpaired) electrons. The molecule has 25 heavy (non-hydrogen) atoms. The van der Waals surface area contributed by atoms with Crippen LogP contribution in [0.1, 0.15) is 46.7 Å². The molecule has 4 rings (SSSR count). The Balaban J connectivity index is 1.70. The van der Waals surface area contributed by atoms with Crippen LogP contribution in [0, 0.1) is 0 Å². The molecule has 3 aromatic rings. The van der Waals surface area contributed by atoms with E-state index in [0.29, 0.717) is 0 Å². The molecule has 1 heterocycles.